The largest absolute Gasteiger partial charge is 0.462 e. The van der Waals surface area contributed by atoms with Crippen LogP contribution in [-0.2, 0) is 28.6 Å². The van der Waals surface area contributed by atoms with Crippen LogP contribution < -0.4 is 0 Å². The minimum Gasteiger partial charge on any atom is -0.462 e. The number of hydrogen-bond acceptors (Lipinski definition) is 6. The molecule has 6 nitrogen and oxygen atoms in total. The lowest BCUT2D eigenvalue weighted by Crippen LogP contribution is -2.30. The van der Waals surface area contributed by atoms with Gasteiger partial charge in [0.2, 0.25) is 0 Å². The van der Waals surface area contributed by atoms with Gasteiger partial charge in [0, 0.05) is 19.3 Å². The third-order valence-corrected chi connectivity index (χ3v) is 11.9. The van der Waals surface area contributed by atoms with Gasteiger partial charge in [-0.2, -0.15) is 0 Å². The molecule has 0 saturated heterocycles. The van der Waals surface area contributed by atoms with E-state index in [2.05, 4.69) is 136 Å². The van der Waals surface area contributed by atoms with E-state index in [-0.39, 0.29) is 44.0 Å². The molecule has 0 aromatic heterocycles. The first-order valence-electron chi connectivity index (χ1n) is 29.0. The van der Waals surface area contributed by atoms with E-state index in [1.54, 1.807) is 0 Å². The predicted octanol–water partition coefficient (Wildman–Crippen LogP) is 19.6. The summed E-state index contributed by atoms with van der Waals surface area (Å²) in [4.78, 5) is 38.2. The van der Waals surface area contributed by atoms with Gasteiger partial charge in [0.15, 0.2) is 6.10 Å². The van der Waals surface area contributed by atoms with Crippen molar-refractivity contribution in [3.63, 3.8) is 0 Å². The van der Waals surface area contributed by atoms with Crippen molar-refractivity contribution >= 4 is 17.9 Å². The van der Waals surface area contributed by atoms with Crippen molar-refractivity contribution in [2.24, 2.45) is 0 Å². The van der Waals surface area contributed by atoms with E-state index in [0.29, 0.717) is 12.8 Å². The van der Waals surface area contributed by atoms with Crippen LogP contribution in [0.4, 0.5) is 0 Å². The van der Waals surface area contributed by atoms with E-state index in [1.807, 2.05) is 6.08 Å². The smallest absolute Gasteiger partial charge is 0.306 e. The lowest BCUT2D eigenvalue weighted by molar-refractivity contribution is -0.166. The number of carbonyl (C=O) groups is 3. The van der Waals surface area contributed by atoms with Crippen molar-refractivity contribution in [1.82, 2.24) is 0 Å². The van der Waals surface area contributed by atoms with Crippen LogP contribution in [0.3, 0.4) is 0 Å². The third kappa shape index (κ3) is 56.6. The summed E-state index contributed by atoms with van der Waals surface area (Å²) in [5.74, 6) is -1.02. The van der Waals surface area contributed by atoms with Crippen molar-refractivity contribution in [1.29, 1.82) is 0 Å². The van der Waals surface area contributed by atoms with E-state index in [4.69, 9.17) is 14.2 Å². The maximum Gasteiger partial charge on any atom is 0.306 e. The Balaban J connectivity index is 4.51. The number of unbranched alkanes of at least 4 members (excludes halogenated alkanes) is 20. The van der Waals surface area contributed by atoms with E-state index < -0.39 is 6.10 Å². The molecule has 0 bridgehead atoms. The Morgan fingerprint density at radius 1 is 0.296 bits per heavy atom. The fraction of sp³-hybridized carbons (Fsp3) is 0.646. The molecule has 0 heterocycles. The molecule has 0 spiro atoms. The van der Waals surface area contributed by atoms with Crippen LogP contribution in [0.2, 0.25) is 0 Å². The summed E-state index contributed by atoms with van der Waals surface area (Å²) in [5.41, 5.74) is 0. The molecule has 0 aromatic carbocycles. The van der Waals surface area contributed by atoms with Gasteiger partial charge in [-0.05, 0) is 116 Å². The van der Waals surface area contributed by atoms with E-state index >= 15 is 0 Å². The molecule has 0 N–H and O–H groups in total. The van der Waals surface area contributed by atoms with Crippen molar-refractivity contribution in [2.75, 3.05) is 13.2 Å². The monoisotopic (exact) mass is 983 g/mol. The van der Waals surface area contributed by atoms with Gasteiger partial charge in [-0.3, -0.25) is 14.4 Å². The second-order valence-corrected chi connectivity index (χ2v) is 18.8. The van der Waals surface area contributed by atoms with Crippen LogP contribution in [0, 0.1) is 0 Å². The van der Waals surface area contributed by atoms with Gasteiger partial charge >= 0.3 is 17.9 Å². The third-order valence-electron chi connectivity index (χ3n) is 11.9. The van der Waals surface area contributed by atoms with Crippen LogP contribution in [0.25, 0.3) is 0 Å². The molecule has 0 aromatic rings. The summed E-state index contributed by atoms with van der Waals surface area (Å²) in [5, 5.41) is 0. The Labute approximate surface area is 437 Å². The molecule has 1 atom stereocenters. The summed E-state index contributed by atoms with van der Waals surface area (Å²) in [6.45, 7) is 6.33. The molecular formula is C65H106O6. The van der Waals surface area contributed by atoms with E-state index in [1.165, 1.54) is 89.9 Å². The van der Waals surface area contributed by atoms with Crippen molar-refractivity contribution in [3.8, 4) is 0 Å². The van der Waals surface area contributed by atoms with Gasteiger partial charge < -0.3 is 14.2 Å². The Morgan fingerprint density at radius 2 is 0.577 bits per heavy atom. The average Bonchev–Trinajstić information content (AvgIpc) is 3.37. The summed E-state index contributed by atoms with van der Waals surface area (Å²) in [6, 6.07) is 0. The molecule has 0 rings (SSSR count). The molecule has 0 aliphatic heterocycles. The molecule has 0 aliphatic carbocycles. The predicted molar refractivity (Wildman–Crippen MR) is 306 cm³/mol. The first-order valence-corrected chi connectivity index (χ1v) is 29.0. The van der Waals surface area contributed by atoms with Crippen LogP contribution in [-0.4, -0.2) is 37.2 Å². The fourth-order valence-electron chi connectivity index (χ4n) is 7.65. The average molecular weight is 984 g/mol. The maximum atomic E-state index is 12.8. The SMILES string of the molecule is CC/C=C\C/C=C\C/C=C\C/C=C\C/C=C\C/C=C\CCC(=O)OC[C@H](COC(=O)CCCCCCCCCCC/C=C\CCCCCCCC)OC(=O)CCCCCCC/C=C\C/C=C\C/C=C\CC. The number of carbonyl (C=O) groups excluding carboxylic acids is 3. The number of hydrogen-bond donors (Lipinski definition) is 0. The van der Waals surface area contributed by atoms with Crippen LogP contribution in [0.5, 0.6) is 0 Å². The van der Waals surface area contributed by atoms with Crippen molar-refractivity contribution in [3.05, 3.63) is 122 Å². The van der Waals surface area contributed by atoms with Gasteiger partial charge in [-0.15, -0.1) is 0 Å². The molecule has 0 amide bonds. The fourth-order valence-corrected chi connectivity index (χ4v) is 7.65. The molecule has 0 aliphatic rings. The standard InChI is InChI=1S/C65H106O6/c1-4-7-10-13-16-19-22-25-28-30-32-34-37-39-42-45-48-51-54-57-63(66)69-60-62(71-65(68)59-56-53-50-47-44-41-36-27-24-21-18-15-12-9-6-3)61-70-64(67)58-55-52-49-46-43-40-38-35-33-31-29-26-23-20-17-14-11-8-5-2/h7,9-10,12,16,18-19,21,25-29,32,34,36,39,42,48,51,62H,4-6,8,11,13-15,17,20,22-24,30-31,33,35,37-38,40-41,43-47,49-50,52-61H2,1-3H3/b10-7-,12-9-,19-16-,21-18-,28-25-,29-26-,34-32-,36-27-,42-39-,51-48-/t62-/m1/s1. The highest BCUT2D eigenvalue weighted by Gasteiger charge is 2.19. The number of ether oxygens (including phenoxy) is 3. The molecular weight excluding hydrogens is 877 g/mol. The molecule has 71 heavy (non-hydrogen) atoms. The first-order chi connectivity index (χ1) is 35.0. The van der Waals surface area contributed by atoms with Crippen molar-refractivity contribution in [2.45, 2.75) is 258 Å². The lowest BCUT2D eigenvalue weighted by atomic mass is 10.1. The first kappa shape index (κ1) is 66.8. The van der Waals surface area contributed by atoms with Gasteiger partial charge in [0.1, 0.15) is 13.2 Å². The Morgan fingerprint density at radius 3 is 0.958 bits per heavy atom. The highest BCUT2D eigenvalue weighted by atomic mass is 16.6. The summed E-state index contributed by atoms with van der Waals surface area (Å²) in [6.07, 6.45) is 80.6. The van der Waals surface area contributed by atoms with Gasteiger partial charge in [-0.25, -0.2) is 0 Å². The quantitative estimate of drug-likeness (QED) is 0.0261. The summed E-state index contributed by atoms with van der Waals surface area (Å²) < 4.78 is 16.8. The molecule has 0 saturated carbocycles. The number of rotatable bonds is 51. The number of allylic oxidation sites excluding steroid dienone is 20. The second-order valence-electron chi connectivity index (χ2n) is 18.8. The lowest BCUT2D eigenvalue weighted by Gasteiger charge is -2.18. The van der Waals surface area contributed by atoms with Crippen molar-refractivity contribution < 1.29 is 28.6 Å². The summed E-state index contributed by atoms with van der Waals surface area (Å²) >= 11 is 0. The zero-order valence-corrected chi connectivity index (χ0v) is 45.9. The minimum absolute atomic E-state index is 0.112. The van der Waals surface area contributed by atoms with Gasteiger partial charge in [0.25, 0.3) is 0 Å². The Kier molecular flexibility index (Phi) is 54.9. The second kappa shape index (κ2) is 58.4. The molecule has 0 radical (unpaired) electrons. The maximum absolute atomic E-state index is 12.8. The highest BCUT2D eigenvalue weighted by Crippen LogP contribution is 2.14. The zero-order chi connectivity index (χ0) is 51.4. The van der Waals surface area contributed by atoms with Gasteiger partial charge in [0.05, 0.1) is 0 Å². The Bertz CT molecular complexity index is 1500. The molecule has 0 unspecified atom stereocenters. The molecule has 6 heteroatoms. The molecule has 402 valence electrons. The highest BCUT2D eigenvalue weighted by molar-refractivity contribution is 5.71. The normalized spacial score (nSPS) is 13.0. The van der Waals surface area contributed by atoms with Crippen LogP contribution >= 0.6 is 0 Å². The summed E-state index contributed by atoms with van der Waals surface area (Å²) in [7, 11) is 0. The Hall–Kier alpha value is -4.19. The van der Waals surface area contributed by atoms with Gasteiger partial charge in [-0.1, -0.05) is 239 Å². The zero-order valence-electron chi connectivity index (χ0n) is 45.9. The molecule has 0 fully saturated rings. The topological polar surface area (TPSA) is 78.9 Å². The van der Waals surface area contributed by atoms with Crippen LogP contribution in [0.15, 0.2) is 122 Å². The number of esters is 3. The minimum atomic E-state index is -0.822. The van der Waals surface area contributed by atoms with E-state index in [0.717, 1.165) is 116 Å². The van der Waals surface area contributed by atoms with E-state index in [9.17, 15) is 14.4 Å². The van der Waals surface area contributed by atoms with Crippen LogP contribution in [0.1, 0.15) is 252 Å².